The van der Waals surface area contributed by atoms with Gasteiger partial charge < -0.3 is 10.6 Å². The first kappa shape index (κ1) is 18.2. The highest BCUT2D eigenvalue weighted by Crippen LogP contribution is 2.18. The van der Waals surface area contributed by atoms with Gasteiger partial charge in [-0.05, 0) is 43.5 Å². The van der Waals surface area contributed by atoms with Crippen LogP contribution in [0.1, 0.15) is 29.8 Å². The van der Waals surface area contributed by atoms with Gasteiger partial charge in [-0.3, -0.25) is 0 Å². The average molecular weight is 367 g/mol. The monoisotopic (exact) mass is 366 g/mol. The Morgan fingerprint density at radius 3 is 2.58 bits per heavy atom. The molecule has 0 saturated carbocycles. The van der Waals surface area contributed by atoms with E-state index >= 15 is 0 Å². The van der Waals surface area contributed by atoms with Gasteiger partial charge in [0.05, 0.1) is 6.04 Å². The molecular formula is C21H23ClN4. The number of nitrogens with zero attached hydrogens (tertiary/aromatic N) is 2. The maximum atomic E-state index is 6.03. The van der Waals surface area contributed by atoms with E-state index in [9.17, 15) is 0 Å². The van der Waals surface area contributed by atoms with Crippen LogP contribution in [-0.2, 0) is 6.42 Å². The maximum absolute atomic E-state index is 6.03. The zero-order valence-corrected chi connectivity index (χ0v) is 15.8. The van der Waals surface area contributed by atoms with E-state index in [1.165, 1.54) is 11.1 Å². The Kier molecular flexibility index (Phi) is 6.08. The molecule has 0 aliphatic heterocycles. The third-order valence-corrected chi connectivity index (χ3v) is 4.34. The molecule has 26 heavy (non-hydrogen) atoms. The molecule has 2 aromatic carbocycles. The fourth-order valence-electron chi connectivity index (χ4n) is 2.77. The molecule has 1 heterocycles. The first-order chi connectivity index (χ1) is 12.6. The molecule has 1 aromatic heterocycles. The Labute approximate surface area is 159 Å². The third kappa shape index (κ3) is 5.20. The van der Waals surface area contributed by atoms with Gasteiger partial charge in [0.1, 0.15) is 5.82 Å². The number of nitrogens with one attached hydrogen (secondary N) is 2. The second-order valence-electron chi connectivity index (χ2n) is 6.30. The summed E-state index contributed by atoms with van der Waals surface area (Å²) < 4.78 is 0. The highest BCUT2D eigenvalue weighted by atomic mass is 35.5. The standard InChI is InChI=1S/C21H23ClN4/c1-15-13-20(23-12-11-17-7-6-10-19(22)14-17)26-21(24-15)25-16(2)18-8-4-3-5-9-18/h3-10,13-14,16H,11-12H2,1-2H3,(H2,23,24,25,26). The summed E-state index contributed by atoms with van der Waals surface area (Å²) in [5, 5.41) is 7.51. The predicted molar refractivity (Wildman–Crippen MR) is 109 cm³/mol. The summed E-state index contributed by atoms with van der Waals surface area (Å²) in [5.41, 5.74) is 3.33. The van der Waals surface area contributed by atoms with E-state index in [2.05, 4.69) is 45.7 Å². The zero-order valence-electron chi connectivity index (χ0n) is 15.0. The van der Waals surface area contributed by atoms with Gasteiger partial charge in [-0.25, -0.2) is 4.98 Å². The number of aromatic nitrogens is 2. The Morgan fingerprint density at radius 1 is 1.00 bits per heavy atom. The number of aryl methyl sites for hydroxylation is 1. The molecule has 1 unspecified atom stereocenters. The Balaban J connectivity index is 1.62. The van der Waals surface area contributed by atoms with Crippen LogP contribution in [0.3, 0.4) is 0 Å². The summed E-state index contributed by atoms with van der Waals surface area (Å²) in [5.74, 6) is 1.45. The molecule has 0 amide bonds. The van der Waals surface area contributed by atoms with Crippen molar-refractivity contribution >= 4 is 23.4 Å². The smallest absolute Gasteiger partial charge is 0.225 e. The van der Waals surface area contributed by atoms with E-state index in [-0.39, 0.29) is 6.04 Å². The van der Waals surface area contributed by atoms with Crippen LogP contribution in [0.15, 0.2) is 60.7 Å². The fraction of sp³-hybridized carbons (Fsp3) is 0.238. The molecule has 3 rings (SSSR count). The normalized spacial score (nSPS) is 11.8. The maximum Gasteiger partial charge on any atom is 0.225 e. The minimum absolute atomic E-state index is 0.136. The van der Waals surface area contributed by atoms with Crippen molar-refractivity contribution in [3.63, 3.8) is 0 Å². The van der Waals surface area contributed by atoms with Crippen molar-refractivity contribution < 1.29 is 0 Å². The van der Waals surface area contributed by atoms with Crippen molar-refractivity contribution in [1.29, 1.82) is 0 Å². The lowest BCUT2D eigenvalue weighted by atomic mass is 10.1. The summed E-state index contributed by atoms with van der Waals surface area (Å²) in [6.07, 6.45) is 0.882. The predicted octanol–water partition coefficient (Wildman–Crippen LogP) is 5.27. The average Bonchev–Trinajstić information content (AvgIpc) is 2.62. The van der Waals surface area contributed by atoms with Crippen LogP contribution in [0.4, 0.5) is 11.8 Å². The molecule has 0 saturated heterocycles. The number of anilines is 2. The van der Waals surface area contributed by atoms with Crippen molar-refractivity contribution in [3.05, 3.63) is 82.5 Å². The van der Waals surface area contributed by atoms with Gasteiger partial charge in [0.25, 0.3) is 0 Å². The summed E-state index contributed by atoms with van der Waals surface area (Å²) >= 11 is 6.03. The van der Waals surface area contributed by atoms with Crippen molar-refractivity contribution in [1.82, 2.24) is 9.97 Å². The lowest BCUT2D eigenvalue weighted by Gasteiger charge is -2.15. The van der Waals surface area contributed by atoms with Crippen molar-refractivity contribution in [2.45, 2.75) is 26.3 Å². The van der Waals surface area contributed by atoms with E-state index in [1.807, 2.05) is 49.4 Å². The number of benzene rings is 2. The fourth-order valence-corrected chi connectivity index (χ4v) is 2.98. The Bertz CT molecular complexity index is 852. The largest absolute Gasteiger partial charge is 0.370 e. The van der Waals surface area contributed by atoms with Crippen LogP contribution in [-0.4, -0.2) is 16.5 Å². The molecule has 0 radical (unpaired) electrons. The highest BCUT2D eigenvalue weighted by Gasteiger charge is 2.08. The molecule has 134 valence electrons. The second kappa shape index (κ2) is 8.68. The summed E-state index contributed by atoms with van der Waals surface area (Å²) in [6.45, 7) is 4.86. The number of rotatable bonds is 7. The molecule has 1 atom stereocenters. The SMILES string of the molecule is Cc1cc(NCCc2cccc(Cl)c2)nc(NC(C)c2ccccc2)n1. The topological polar surface area (TPSA) is 49.8 Å². The lowest BCUT2D eigenvalue weighted by molar-refractivity contribution is 0.856. The molecule has 4 nitrogen and oxygen atoms in total. The Morgan fingerprint density at radius 2 is 1.81 bits per heavy atom. The van der Waals surface area contributed by atoms with E-state index in [4.69, 9.17) is 11.6 Å². The quantitative estimate of drug-likeness (QED) is 0.598. The van der Waals surface area contributed by atoms with Gasteiger partial charge in [0.2, 0.25) is 5.95 Å². The van der Waals surface area contributed by atoms with Gasteiger partial charge in [-0.1, -0.05) is 54.1 Å². The zero-order chi connectivity index (χ0) is 18.4. The summed E-state index contributed by atoms with van der Waals surface area (Å²) in [7, 11) is 0. The molecule has 5 heteroatoms. The molecule has 0 spiro atoms. The lowest BCUT2D eigenvalue weighted by Crippen LogP contribution is -2.12. The Hall–Kier alpha value is -2.59. The van der Waals surface area contributed by atoms with Crippen molar-refractivity contribution in [2.75, 3.05) is 17.2 Å². The van der Waals surface area contributed by atoms with Gasteiger partial charge in [0, 0.05) is 23.3 Å². The van der Waals surface area contributed by atoms with E-state index < -0.39 is 0 Å². The van der Waals surface area contributed by atoms with E-state index in [1.54, 1.807) is 0 Å². The summed E-state index contributed by atoms with van der Waals surface area (Å²) in [4.78, 5) is 9.09. The molecule has 3 aromatic rings. The minimum Gasteiger partial charge on any atom is -0.370 e. The number of halogens is 1. The summed E-state index contributed by atoms with van der Waals surface area (Å²) in [6, 6.07) is 20.3. The minimum atomic E-state index is 0.136. The van der Waals surface area contributed by atoms with Gasteiger partial charge in [-0.15, -0.1) is 0 Å². The third-order valence-electron chi connectivity index (χ3n) is 4.11. The van der Waals surface area contributed by atoms with Crippen LogP contribution < -0.4 is 10.6 Å². The van der Waals surface area contributed by atoms with Crippen molar-refractivity contribution in [2.24, 2.45) is 0 Å². The van der Waals surface area contributed by atoms with Gasteiger partial charge in [-0.2, -0.15) is 4.98 Å². The van der Waals surface area contributed by atoms with E-state index in [0.717, 1.165) is 29.5 Å². The molecule has 0 aliphatic carbocycles. The van der Waals surface area contributed by atoms with Crippen LogP contribution in [0.25, 0.3) is 0 Å². The second-order valence-corrected chi connectivity index (χ2v) is 6.74. The first-order valence-corrected chi connectivity index (χ1v) is 9.13. The number of hydrogen-bond acceptors (Lipinski definition) is 4. The van der Waals surface area contributed by atoms with Crippen molar-refractivity contribution in [3.8, 4) is 0 Å². The van der Waals surface area contributed by atoms with Gasteiger partial charge >= 0.3 is 0 Å². The van der Waals surface area contributed by atoms with Crippen LogP contribution in [0, 0.1) is 6.92 Å². The van der Waals surface area contributed by atoms with Crippen LogP contribution in [0.5, 0.6) is 0 Å². The van der Waals surface area contributed by atoms with Gasteiger partial charge in [0.15, 0.2) is 0 Å². The number of hydrogen-bond donors (Lipinski definition) is 2. The molecule has 2 N–H and O–H groups in total. The highest BCUT2D eigenvalue weighted by molar-refractivity contribution is 6.30. The van der Waals surface area contributed by atoms with E-state index in [0.29, 0.717) is 5.95 Å². The molecule has 0 bridgehead atoms. The van der Waals surface area contributed by atoms with Crippen LogP contribution in [0.2, 0.25) is 5.02 Å². The molecule has 0 aliphatic rings. The first-order valence-electron chi connectivity index (χ1n) is 8.75. The van der Waals surface area contributed by atoms with Crippen LogP contribution >= 0.6 is 11.6 Å². The molecule has 0 fully saturated rings. The molecular weight excluding hydrogens is 344 g/mol.